The summed E-state index contributed by atoms with van der Waals surface area (Å²) in [5, 5.41) is 2.51. The van der Waals surface area contributed by atoms with E-state index in [1.807, 2.05) is 0 Å². The predicted molar refractivity (Wildman–Crippen MR) is 88.6 cm³/mol. The molecule has 0 atom stereocenters. The second-order valence-electron chi connectivity index (χ2n) is 4.54. The fraction of sp³-hybridized carbons (Fsp3) is 0.0625. The highest BCUT2D eigenvalue weighted by atomic mass is 16.2. The van der Waals surface area contributed by atoms with Gasteiger partial charge in [0.15, 0.2) is 0 Å². The highest BCUT2D eigenvalue weighted by molar-refractivity contribution is 6.02. The summed E-state index contributed by atoms with van der Waals surface area (Å²) in [6, 6.07) is 13.3. The zero-order valence-corrected chi connectivity index (χ0v) is 12.6. The third kappa shape index (κ3) is 5.50. The van der Waals surface area contributed by atoms with Gasteiger partial charge in [0.25, 0.3) is 11.8 Å². The van der Waals surface area contributed by atoms with E-state index >= 15 is 0 Å². The molecule has 3 amide bonds. The molecule has 0 saturated carbocycles. The van der Waals surface area contributed by atoms with Crippen LogP contribution in [-0.2, 0) is 4.79 Å². The summed E-state index contributed by atoms with van der Waals surface area (Å²) in [6.45, 7) is 1.37. The van der Waals surface area contributed by atoms with Crippen LogP contribution in [0, 0.1) is 0 Å². The first-order valence-electron chi connectivity index (χ1n) is 6.63. The average Bonchev–Trinajstić information content (AvgIpc) is 2.47. The van der Waals surface area contributed by atoms with Crippen LogP contribution in [0.2, 0.25) is 0 Å². The van der Waals surface area contributed by atoms with Crippen LogP contribution in [0.15, 0.2) is 48.5 Å². The molecule has 2 rings (SSSR count). The molecule has 0 radical (unpaired) electrons. The maximum atomic E-state index is 10.9. The quantitative estimate of drug-likeness (QED) is 0.629. The Morgan fingerprint density at radius 3 is 1.74 bits per heavy atom. The number of amides is 3. The van der Waals surface area contributed by atoms with Gasteiger partial charge in [-0.1, -0.05) is 24.3 Å². The van der Waals surface area contributed by atoms with Crippen LogP contribution in [0.3, 0.4) is 0 Å². The SMILES string of the molecule is CC(=O)Nc1ccccc1C(N)=O.NC(=O)c1ccccc1N. The van der Waals surface area contributed by atoms with Gasteiger partial charge in [-0.3, -0.25) is 14.4 Å². The maximum Gasteiger partial charge on any atom is 0.250 e. The predicted octanol–water partition coefficient (Wildman–Crippen LogP) is 1.11. The van der Waals surface area contributed by atoms with Crippen molar-refractivity contribution < 1.29 is 14.4 Å². The van der Waals surface area contributed by atoms with Gasteiger partial charge in [-0.2, -0.15) is 0 Å². The number of carbonyl (C=O) groups excluding carboxylic acids is 3. The van der Waals surface area contributed by atoms with Crippen molar-refractivity contribution in [1.82, 2.24) is 0 Å². The van der Waals surface area contributed by atoms with Gasteiger partial charge in [0.2, 0.25) is 5.91 Å². The fourth-order valence-electron chi connectivity index (χ4n) is 1.72. The molecular formula is C16H18N4O3. The smallest absolute Gasteiger partial charge is 0.250 e. The van der Waals surface area contributed by atoms with Crippen molar-refractivity contribution >= 4 is 29.1 Å². The lowest BCUT2D eigenvalue weighted by molar-refractivity contribution is -0.114. The van der Waals surface area contributed by atoms with E-state index in [0.717, 1.165) is 0 Å². The molecule has 2 aromatic carbocycles. The summed E-state index contributed by atoms with van der Waals surface area (Å²) in [5.74, 6) is -1.27. The minimum absolute atomic E-state index is 0.228. The van der Waals surface area contributed by atoms with Crippen LogP contribution in [0.5, 0.6) is 0 Å². The van der Waals surface area contributed by atoms with Gasteiger partial charge in [0.05, 0.1) is 16.8 Å². The van der Waals surface area contributed by atoms with E-state index in [1.165, 1.54) is 6.92 Å². The Morgan fingerprint density at radius 1 is 0.826 bits per heavy atom. The first kappa shape index (κ1) is 17.7. The zero-order chi connectivity index (χ0) is 17.4. The first-order chi connectivity index (χ1) is 10.8. The van der Waals surface area contributed by atoms with Gasteiger partial charge in [-0.25, -0.2) is 0 Å². The van der Waals surface area contributed by atoms with Gasteiger partial charge in [-0.15, -0.1) is 0 Å². The summed E-state index contributed by atoms with van der Waals surface area (Å²) >= 11 is 0. The topological polar surface area (TPSA) is 141 Å². The van der Waals surface area contributed by atoms with Gasteiger partial charge in [0, 0.05) is 12.6 Å². The minimum Gasteiger partial charge on any atom is -0.398 e. The zero-order valence-electron chi connectivity index (χ0n) is 12.6. The lowest BCUT2D eigenvalue weighted by Crippen LogP contribution is -2.16. The van der Waals surface area contributed by atoms with E-state index in [0.29, 0.717) is 22.5 Å². The summed E-state index contributed by atoms with van der Waals surface area (Å²) in [6.07, 6.45) is 0. The number of benzene rings is 2. The number of hydrogen-bond acceptors (Lipinski definition) is 4. The summed E-state index contributed by atoms with van der Waals surface area (Å²) in [5.41, 5.74) is 17.1. The van der Waals surface area contributed by atoms with Crippen molar-refractivity contribution in [2.45, 2.75) is 6.92 Å². The van der Waals surface area contributed by atoms with Crippen molar-refractivity contribution in [3.8, 4) is 0 Å². The number of carbonyl (C=O) groups is 3. The summed E-state index contributed by atoms with van der Waals surface area (Å²) < 4.78 is 0. The van der Waals surface area contributed by atoms with E-state index in [4.69, 9.17) is 17.2 Å². The number of hydrogen-bond donors (Lipinski definition) is 4. The number of para-hydroxylation sites is 2. The summed E-state index contributed by atoms with van der Waals surface area (Å²) in [4.78, 5) is 32.2. The monoisotopic (exact) mass is 314 g/mol. The van der Waals surface area contributed by atoms with Crippen molar-refractivity contribution in [1.29, 1.82) is 0 Å². The van der Waals surface area contributed by atoms with Crippen molar-refractivity contribution in [3.63, 3.8) is 0 Å². The second kappa shape index (κ2) is 8.18. The van der Waals surface area contributed by atoms with Crippen molar-refractivity contribution in [3.05, 3.63) is 59.7 Å². The Balaban J connectivity index is 0.000000238. The molecule has 0 fully saturated rings. The van der Waals surface area contributed by atoms with Crippen molar-refractivity contribution in [2.24, 2.45) is 11.5 Å². The van der Waals surface area contributed by atoms with E-state index in [2.05, 4.69) is 5.32 Å². The number of nitrogens with one attached hydrogen (secondary N) is 1. The Labute approximate surface area is 133 Å². The van der Waals surface area contributed by atoms with E-state index in [-0.39, 0.29) is 5.91 Å². The van der Waals surface area contributed by atoms with Crippen LogP contribution in [0.1, 0.15) is 27.6 Å². The molecule has 23 heavy (non-hydrogen) atoms. The Morgan fingerprint density at radius 2 is 1.30 bits per heavy atom. The first-order valence-corrected chi connectivity index (χ1v) is 6.63. The van der Waals surface area contributed by atoms with E-state index < -0.39 is 11.8 Å². The van der Waals surface area contributed by atoms with Crippen LogP contribution in [0.4, 0.5) is 11.4 Å². The number of nitrogens with two attached hydrogens (primary N) is 3. The van der Waals surface area contributed by atoms with Gasteiger partial charge in [-0.05, 0) is 24.3 Å². The Bertz CT molecular complexity index is 729. The number of rotatable bonds is 3. The van der Waals surface area contributed by atoms with E-state index in [9.17, 15) is 14.4 Å². The van der Waals surface area contributed by atoms with Gasteiger partial charge >= 0.3 is 0 Å². The molecule has 7 nitrogen and oxygen atoms in total. The molecule has 0 aromatic heterocycles. The van der Waals surface area contributed by atoms with Crippen molar-refractivity contribution in [2.75, 3.05) is 11.1 Å². The molecular weight excluding hydrogens is 296 g/mol. The molecule has 7 heteroatoms. The molecule has 0 aliphatic heterocycles. The molecule has 7 N–H and O–H groups in total. The minimum atomic E-state index is -0.552. The average molecular weight is 314 g/mol. The van der Waals surface area contributed by atoms with Gasteiger partial charge in [0.1, 0.15) is 0 Å². The second-order valence-corrected chi connectivity index (χ2v) is 4.54. The van der Waals surface area contributed by atoms with E-state index in [1.54, 1.807) is 48.5 Å². The lowest BCUT2D eigenvalue weighted by Gasteiger charge is -2.05. The molecule has 0 saturated heterocycles. The van der Waals surface area contributed by atoms with Crippen LogP contribution in [0.25, 0.3) is 0 Å². The van der Waals surface area contributed by atoms with Crippen LogP contribution < -0.4 is 22.5 Å². The molecule has 0 aliphatic carbocycles. The number of anilines is 2. The summed E-state index contributed by atoms with van der Waals surface area (Å²) in [7, 11) is 0. The van der Waals surface area contributed by atoms with Crippen LogP contribution >= 0.6 is 0 Å². The fourth-order valence-corrected chi connectivity index (χ4v) is 1.72. The number of primary amides is 2. The number of nitrogen functional groups attached to an aromatic ring is 1. The molecule has 120 valence electrons. The Hall–Kier alpha value is -3.35. The normalized spacial score (nSPS) is 9.26. The third-order valence-corrected chi connectivity index (χ3v) is 2.73. The molecule has 0 unspecified atom stereocenters. The van der Waals surface area contributed by atoms with Crippen LogP contribution in [-0.4, -0.2) is 17.7 Å². The molecule has 0 spiro atoms. The van der Waals surface area contributed by atoms with Gasteiger partial charge < -0.3 is 22.5 Å². The molecule has 0 bridgehead atoms. The highest BCUT2D eigenvalue weighted by Gasteiger charge is 2.07. The third-order valence-electron chi connectivity index (χ3n) is 2.73. The maximum absolute atomic E-state index is 10.9. The highest BCUT2D eigenvalue weighted by Crippen LogP contribution is 2.13. The molecule has 2 aromatic rings. The molecule has 0 heterocycles. The largest absolute Gasteiger partial charge is 0.398 e. The lowest BCUT2D eigenvalue weighted by atomic mass is 10.1. The standard InChI is InChI=1S/C9H10N2O2.C7H8N2O/c1-6(12)11-8-5-3-2-4-7(8)9(10)13;8-6-4-2-1-3-5(6)7(9)10/h2-5H,1H3,(H2,10,13)(H,11,12);1-4H,8H2,(H2,9,10). The Kier molecular flexibility index (Phi) is 6.30. The molecule has 0 aliphatic rings.